The minimum atomic E-state index is -1.64. The molecule has 4 heteroatoms. The zero-order chi connectivity index (χ0) is 23.8. The molecule has 184 valence electrons. The fourth-order valence-corrected chi connectivity index (χ4v) is 4.11. The van der Waals surface area contributed by atoms with Crippen LogP contribution in [-0.2, 0) is 6.42 Å². The lowest BCUT2D eigenvalue weighted by Crippen LogP contribution is -2.26. The third kappa shape index (κ3) is 11.6. The van der Waals surface area contributed by atoms with Crippen LogP contribution in [0.4, 0.5) is 4.39 Å². The number of alkyl halides is 1. The minimum absolute atomic E-state index is 0.415. The Morgan fingerprint density at radius 3 is 1.82 bits per heavy atom. The van der Waals surface area contributed by atoms with Crippen molar-refractivity contribution in [2.24, 2.45) is 0 Å². The molecule has 33 heavy (non-hydrogen) atoms. The van der Waals surface area contributed by atoms with Gasteiger partial charge in [0.25, 0.3) is 0 Å². The van der Waals surface area contributed by atoms with Crippen LogP contribution >= 0.6 is 0 Å². The van der Waals surface area contributed by atoms with Crippen LogP contribution in [0.25, 0.3) is 11.4 Å². The highest BCUT2D eigenvalue weighted by molar-refractivity contribution is 5.55. The van der Waals surface area contributed by atoms with E-state index in [0.717, 1.165) is 37.7 Å². The van der Waals surface area contributed by atoms with E-state index >= 15 is 0 Å². The van der Waals surface area contributed by atoms with Crippen LogP contribution in [0.15, 0.2) is 36.7 Å². The summed E-state index contributed by atoms with van der Waals surface area (Å²) in [5.74, 6) is -0.399. The molecule has 1 aromatic carbocycles. The first kappa shape index (κ1) is 27.3. The van der Waals surface area contributed by atoms with E-state index in [4.69, 9.17) is 4.74 Å². The van der Waals surface area contributed by atoms with E-state index in [2.05, 4.69) is 23.8 Å². The topological polar surface area (TPSA) is 35.0 Å². The van der Waals surface area contributed by atoms with Gasteiger partial charge in [-0.1, -0.05) is 84.5 Å². The van der Waals surface area contributed by atoms with Gasteiger partial charge in [-0.3, -0.25) is 0 Å². The number of hydrogen-bond donors (Lipinski definition) is 0. The van der Waals surface area contributed by atoms with Gasteiger partial charge < -0.3 is 4.74 Å². The van der Waals surface area contributed by atoms with Gasteiger partial charge in [-0.05, 0) is 49.1 Å². The number of unbranched alkanes of at least 4 members (excludes halogenated alkanes) is 11. The smallest absolute Gasteiger partial charge is 0.245 e. The van der Waals surface area contributed by atoms with Crippen LogP contribution in [-0.4, -0.2) is 15.8 Å². The molecule has 0 radical (unpaired) electrons. The van der Waals surface area contributed by atoms with E-state index in [0.29, 0.717) is 18.0 Å². The van der Waals surface area contributed by atoms with Crippen molar-refractivity contribution in [1.82, 2.24) is 9.97 Å². The maximum Gasteiger partial charge on any atom is 0.245 e. The maximum absolute atomic E-state index is 14.7. The molecular formula is C29H45FN2O. The van der Waals surface area contributed by atoms with Crippen molar-refractivity contribution in [3.05, 3.63) is 42.2 Å². The van der Waals surface area contributed by atoms with E-state index in [9.17, 15) is 4.39 Å². The van der Waals surface area contributed by atoms with Crippen LogP contribution in [0.2, 0.25) is 0 Å². The van der Waals surface area contributed by atoms with Gasteiger partial charge in [0, 0.05) is 31.3 Å². The summed E-state index contributed by atoms with van der Waals surface area (Å²) < 4.78 is 20.2. The zero-order valence-corrected chi connectivity index (χ0v) is 21.3. The van der Waals surface area contributed by atoms with Crippen LogP contribution < -0.4 is 4.74 Å². The quantitative estimate of drug-likeness (QED) is 0.210. The van der Waals surface area contributed by atoms with E-state index in [-0.39, 0.29) is 0 Å². The summed E-state index contributed by atoms with van der Waals surface area (Å²) in [6.07, 6.45) is 21.5. The van der Waals surface area contributed by atoms with Crippen molar-refractivity contribution in [2.45, 2.75) is 123 Å². The van der Waals surface area contributed by atoms with Gasteiger partial charge >= 0.3 is 0 Å². The number of aryl methyl sites for hydroxylation is 1. The van der Waals surface area contributed by atoms with Crippen LogP contribution in [0.3, 0.4) is 0 Å². The fraction of sp³-hybridized carbons (Fsp3) is 0.655. The Kier molecular flexibility index (Phi) is 13.1. The molecule has 1 unspecified atom stereocenters. The SMILES string of the molecule is CCCCCCCCCCCc1cnc(-c2ccc(OC(C)(F)CCCCCC)cc2)nc1. The Hall–Kier alpha value is -1.97. The molecule has 1 heterocycles. The first-order valence-corrected chi connectivity index (χ1v) is 13.3. The molecule has 0 N–H and O–H groups in total. The van der Waals surface area contributed by atoms with Gasteiger partial charge in [0.1, 0.15) is 5.75 Å². The Morgan fingerprint density at radius 1 is 0.727 bits per heavy atom. The van der Waals surface area contributed by atoms with Gasteiger partial charge in [0.15, 0.2) is 5.82 Å². The van der Waals surface area contributed by atoms with Gasteiger partial charge in [0.05, 0.1) is 0 Å². The zero-order valence-electron chi connectivity index (χ0n) is 21.3. The largest absolute Gasteiger partial charge is 0.458 e. The summed E-state index contributed by atoms with van der Waals surface area (Å²) in [5.41, 5.74) is 2.11. The molecule has 0 aliphatic heterocycles. The first-order chi connectivity index (χ1) is 16.0. The van der Waals surface area contributed by atoms with Crippen LogP contribution in [0.1, 0.15) is 116 Å². The van der Waals surface area contributed by atoms with Crippen LogP contribution in [0, 0.1) is 0 Å². The van der Waals surface area contributed by atoms with Gasteiger partial charge in [-0.15, -0.1) is 0 Å². The second-order valence-electron chi connectivity index (χ2n) is 9.53. The van der Waals surface area contributed by atoms with E-state index in [1.807, 2.05) is 24.5 Å². The molecule has 0 bridgehead atoms. The van der Waals surface area contributed by atoms with Gasteiger partial charge in [0.2, 0.25) is 5.85 Å². The third-order valence-electron chi connectivity index (χ3n) is 6.19. The van der Waals surface area contributed by atoms with Gasteiger partial charge in [-0.2, -0.15) is 4.39 Å². The lowest BCUT2D eigenvalue weighted by molar-refractivity contribution is -0.0530. The monoisotopic (exact) mass is 456 g/mol. The molecule has 0 aliphatic rings. The predicted octanol–water partition coefficient (Wildman–Crippen LogP) is 9.25. The average molecular weight is 457 g/mol. The molecule has 3 nitrogen and oxygen atoms in total. The second-order valence-corrected chi connectivity index (χ2v) is 9.53. The minimum Gasteiger partial charge on any atom is -0.458 e. The lowest BCUT2D eigenvalue weighted by Gasteiger charge is -2.22. The number of benzene rings is 1. The number of halogens is 1. The number of hydrogen-bond acceptors (Lipinski definition) is 3. The van der Waals surface area contributed by atoms with Gasteiger partial charge in [-0.25, -0.2) is 9.97 Å². The Morgan fingerprint density at radius 2 is 1.24 bits per heavy atom. The molecule has 0 aliphatic carbocycles. The molecule has 2 rings (SSSR count). The Labute approximate surface area is 201 Å². The number of aromatic nitrogens is 2. The van der Waals surface area contributed by atoms with Crippen molar-refractivity contribution in [2.75, 3.05) is 0 Å². The van der Waals surface area contributed by atoms with Crippen molar-refractivity contribution in [3.63, 3.8) is 0 Å². The summed E-state index contributed by atoms with van der Waals surface area (Å²) in [4.78, 5) is 9.08. The first-order valence-electron chi connectivity index (χ1n) is 13.3. The summed E-state index contributed by atoms with van der Waals surface area (Å²) >= 11 is 0. The van der Waals surface area contributed by atoms with Crippen LogP contribution in [0.5, 0.6) is 5.75 Å². The molecule has 1 atom stereocenters. The standard InChI is InChI=1S/C29H45FN2O/c1-4-6-8-10-11-12-13-14-15-17-25-23-31-28(32-24-25)26-18-20-27(21-19-26)33-29(3,30)22-16-9-7-5-2/h18-21,23-24H,4-17,22H2,1-3H3. The molecule has 1 aromatic heterocycles. The summed E-state index contributed by atoms with van der Waals surface area (Å²) in [7, 11) is 0. The highest BCUT2D eigenvalue weighted by Crippen LogP contribution is 2.27. The van der Waals surface area contributed by atoms with Crippen molar-refractivity contribution < 1.29 is 9.13 Å². The van der Waals surface area contributed by atoms with Crippen molar-refractivity contribution in [3.8, 4) is 17.1 Å². The second kappa shape index (κ2) is 15.8. The predicted molar refractivity (Wildman–Crippen MR) is 137 cm³/mol. The summed E-state index contributed by atoms with van der Waals surface area (Å²) in [6, 6.07) is 7.41. The van der Waals surface area contributed by atoms with E-state index in [1.54, 1.807) is 12.1 Å². The Balaban J connectivity index is 1.71. The molecule has 2 aromatic rings. The molecule has 0 amide bonds. The summed E-state index contributed by atoms with van der Waals surface area (Å²) in [5, 5.41) is 0. The number of ether oxygens (including phenoxy) is 1. The number of nitrogens with zero attached hydrogens (tertiary/aromatic N) is 2. The molecule has 0 saturated carbocycles. The number of rotatable bonds is 18. The molecule has 0 saturated heterocycles. The molecular weight excluding hydrogens is 411 g/mol. The Bertz CT molecular complexity index is 743. The third-order valence-corrected chi connectivity index (χ3v) is 6.19. The van der Waals surface area contributed by atoms with E-state index < -0.39 is 5.85 Å². The molecule has 0 spiro atoms. The van der Waals surface area contributed by atoms with E-state index in [1.165, 1.54) is 70.3 Å². The van der Waals surface area contributed by atoms with Crippen molar-refractivity contribution in [1.29, 1.82) is 0 Å². The normalized spacial score (nSPS) is 13.1. The highest BCUT2D eigenvalue weighted by Gasteiger charge is 2.24. The summed E-state index contributed by atoms with van der Waals surface area (Å²) in [6.45, 7) is 5.94. The highest BCUT2D eigenvalue weighted by atomic mass is 19.2. The maximum atomic E-state index is 14.7. The average Bonchev–Trinajstić information content (AvgIpc) is 2.81. The fourth-order valence-electron chi connectivity index (χ4n) is 4.11. The van der Waals surface area contributed by atoms with Crippen molar-refractivity contribution >= 4 is 0 Å². The molecule has 0 fully saturated rings. The lowest BCUT2D eigenvalue weighted by atomic mass is 10.1.